The summed E-state index contributed by atoms with van der Waals surface area (Å²) in [4.78, 5) is 8.62. The minimum Gasteiger partial charge on any atom is -0.383 e. The van der Waals surface area contributed by atoms with Gasteiger partial charge in [-0.3, -0.25) is 0 Å². The number of aryl methyl sites for hydroxylation is 1. The van der Waals surface area contributed by atoms with Gasteiger partial charge in [0.05, 0.1) is 14.3 Å². The zero-order valence-corrected chi connectivity index (χ0v) is 11.5. The first-order chi connectivity index (χ1) is 7.59. The van der Waals surface area contributed by atoms with Crippen LogP contribution in [0.25, 0.3) is 11.4 Å². The lowest BCUT2D eigenvalue weighted by Crippen LogP contribution is -2.02. The third-order valence-corrected chi connectivity index (χ3v) is 3.82. The number of hydrogen-bond donors (Lipinski definition) is 1. The van der Waals surface area contributed by atoms with Gasteiger partial charge in [0.15, 0.2) is 5.82 Å². The normalized spacial score (nSPS) is 10.4. The zero-order chi connectivity index (χ0) is 11.7. The molecule has 3 nitrogen and oxygen atoms in total. The van der Waals surface area contributed by atoms with Crippen LogP contribution in [0, 0.1) is 10.5 Å². The Balaban J connectivity index is 2.62. The fourth-order valence-electron chi connectivity index (χ4n) is 1.34. The van der Waals surface area contributed by atoms with Gasteiger partial charge in [-0.15, -0.1) is 0 Å². The fraction of sp³-hybridized carbons (Fsp3) is 0.0909. The van der Waals surface area contributed by atoms with Crippen LogP contribution in [0.2, 0.25) is 5.02 Å². The van der Waals surface area contributed by atoms with Crippen molar-refractivity contribution < 1.29 is 0 Å². The van der Waals surface area contributed by atoms with Crippen molar-refractivity contribution in [1.82, 2.24) is 9.97 Å². The van der Waals surface area contributed by atoms with Crippen molar-refractivity contribution in [2.75, 3.05) is 5.73 Å². The lowest BCUT2D eigenvalue weighted by atomic mass is 10.2. The number of nitrogens with zero attached hydrogens (tertiary/aromatic N) is 2. The predicted octanol–water partition coefficient (Wildman–Crippen LogP) is 3.29. The highest BCUT2D eigenvalue weighted by Gasteiger charge is 2.10. The SMILES string of the molecule is Cc1nc(-c2ccccc2Cl)nc(N)c1I. The number of benzene rings is 1. The molecule has 0 aliphatic heterocycles. The Morgan fingerprint density at radius 1 is 1.25 bits per heavy atom. The molecule has 16 heavy (non-hydrogen) atoms. The van der Waals surface area contributed by atoms with Crippen molar-refractivity contribution in [2.45, 2.75) is 6.92 Å². The van der Waals surface area contributed by atoms with Gasteiger partial charge in [0.25, 0.3) is 0 Å². The highest BCUT2D eigenvalue weighted by molar-refractivity contribution is 14.1. The summed E-state index contributed by atoms with van der Waals surface area (Å²) in [5.74, 6) is 1.06. The Hall–Kier alpha value is -0.880. The summed E-state index contributed by atoms with van der Waals surface area (Å²) in [6.45, 7) is 1.90. The molecule has 2 N–H and O–H groups in total. The van der Waals surface area contributed by atoms with Crippen LogP contribution in [0.4, 0.5) is 5.82 Å². The van der Waals surface area contributed by atoms with E-state index >= 15 is 0 Å². The Labute approximate surface area is 112 Å². The van der Waals surface area contributed by atoms with Crippen molar-refractivity contribution in [2.24, 2.45) is 0 Å². The van der Waals surface area contributed by atoms with Gasteiger partial charge in [-0.25, -0.2) is 9.97 Å². The van der Waals surface area contributed by atoms with Crippen molar-refractivity contribution in [3.8, 4) is 11.4 Å². The predicted molar refractivity (Wildman–Crippen MR) is 74.3 cm³/mol. The maximum Gasteiger partial charge on any atom is 0.163 e. The van der Waals surface area contributed by atoms with Crippen LogP contribution in [-0.2, 0) is 0 Å². The second-order valence-corrected chi connectivity index (χ2v) is 4.80. The Morgan fingerprint density at radius 2 is 1.94 bits per heavy atom. The van der Waals surface area contributed by atoms with Crippen LogP contribution in [-0.4, -0.2) is 9.97 Å². The van der Waals surface area contributed by atoms with E-state index in [2.05, 4.69) is 32.6 Å². The molecule has 5 heteroatoms. The largest absolute Gasteiger partial charge is 0.383 e. The number of halogens is 2. The third-order valence-electron chi connectivity index (χ3n) is 2.16. The fourth-order valence-corrected chi connectivity index (χ4v) is 1.81. The van der Waals surface area contributed by atoms with Crippen molar-refractivity contribution in [1.29, 1.82) is 0 Å². The van der Waals surface area contributed by atoms with Gasteiger partial charge in [0, 0.05) is 5.56 Å². The Kier molecular flexibility index (Phi) is 3.30. The van der Waals surface area contributed by atoms with Gasteiger partial charge >= 0.3 is 0 Å². The maximum atomic E-state index is 6.08. The second-order valence-electron chi connectivity index (χ2n) is 3.31. The first kappa shape index (κ1) is 11.6. The molecular formula is C11H9ClIN3. The van der Waals surface area contributed by atoms with Crippen LogP contribution in [0.5, 0.6) is 0 Å². The van der Waals surface area contributed by atoms with Crippen LogP contribution in [0.1, 0.15) is 5.69 Å². The lowest BCUT2D eigenvalue weighted by Gasteiger charge is -2.06. The highest BCUT2D eigenvalue weighted by atomic mass is 127. The Morgan fingerprint density at radius 3 is 2.56 bits per heavy atom. The van der Waals surface area contributed by atoms with Gasteiger partial charge in [-0.05, 0) is 41.6 Å². The number of rotatable bonds is 1. The smallest absolute Gasteiger partial charge is 0.163 e. The number of aromatic nitrogens is 2. The summed E-state index contributed by atoms with van der Waals surface area (Å²) in [5.41, 5.74) is 7.47. The van der Waals surface area contributed by atoms with Gasteiger partial charge in [0.2, 0.25) is 0 Å². The molecule has 1 aromatic heterocycles. The Bertz CT molecular complexity index is 519. The average Bonchev–Trinajstić information content (AvgIpc) is 2.26. The maximum absolute atomic E-state index is 6.08. The van der Waals surface area contributed by atoms with Crippen LogP contribution in [0.3, 0.4) is 0 Å². The molecule has 0 fully saturated rings. The summed E-state index contributed by atoms with van der Waals surface area (Å²) in [7, 11) is 0. The quantitative estimate of drug-likeness (QED) is 0.807. The van der Waals surface area contributed by atoms with E-state index in [0.29, 0.717) is 16.7 Å². The highest BCUT2D eigenvalue weighted by Crippen LogP contribution is 2.27. The number of anilines is 1. The van der Waals surface area contributed by atoms with Gasteiger partial charge in [-0.2, -0.15) is 0 Å². The molecule has 0 spiro atoms. The van der Waals surface area contributed by atoms with Gasteiger partial charge in [0.1, 0.15) is 5.82 Å². The first-order valence-electron chi connectivity index (χ1n) is 4.64. The molecule has 0 radical (unpaired) electrons. The number of nitrogen functional groups attached to an aromatic ring is 1. The zero-order valence-electron chi connectivity index (χ0n) is 8.54. The molecule has 0 saturated carbocycles. The molecular weight excluding hydrogens is 336 g/mol. The molecule has 1 heterocycles. The van der Waals surface area contributed by atoms with Gasteiger partial charge in [-0.1, -0.05) is 23.7 Å². The van der Waals surface area contributed by atoms with E-state index in [4.69, 9.17) is 17.3 Å². The minimum absolute atomic E-state index is 0.489. The minimum atomic E-state index is 0.489. The van der Waals surface area contributed by atoms with Crippen LogP contribution >= 0.6 is 34.2 Å². The first-order valence-corrected chi connectivity index (χ1v) is 6.10. The van der Waals surface area contributed by atoms with Crippen molar-refractivity contribution in [3.05, 3.63) is 38.6 Å². The van der Waals surface area contributed by atoms with E-state index in [1.807, 2.05) is 31.2 Å². The topological polar surface area (TPSA) is 51.8 Å². The van der Waals surface area contributed by atoms with E-state index in [9.17, 15) is 0 Å². The molecule has 0 aliphatic rings. The number of hydrogen-bond acceptors (Lipinski definition) is 3. The molecule has 2 rings (SSSR count). The molecule has 0 amide bonds. The molecule has 2 aromatic rings. The van der Waals surface area contributed by atoms with Gasteiger partial charge < -0.3 is 5.73 Å². The number of nitrogens with two attached hydrogens (primary N) is 1. The van der Waals surface area contributed by atoms with Crippen molar-refractivity contribution >= 4 is 40.0 Å². The summed E-state index contributed by atoms with van der Waals surface area (Å²) in [6.07, 6.45) is 0. The molecule has 0 atom stereocenters. The lowest BCUT2D eigenvalue weighted by molar-refractivity contribution is 1.10. The molecule has 0 aliphatic carbocycles. The molecule has 0 unspecified atom stereocenters. The monoisotopic (exact) mass is 345 g/mol. The van der Waals surface area contributed by atoms with Crippen LogP contribution in [0.15, 0.2) is 24.3 Å². The second kappa shape index (κ2) is 4.55. The molecule has 1 aromatic carbocycles. The third kappa shape index (κ3) is 2.12. The van der Waals surface area contributed by atoms with E-state index in [0.717, 1.165) is 14.8 Å². The summed E-state index contributed by atoms with van der Waals surface area (Å²) >= 11 is 8.21. The molecule has 82 valence electrons. The van der Waals surface area contributed by atoms with Crippen LogP contribution < -0.4 is 5.73 Å². The summed E-state index contributed by atoms with van der Waals surface area (Å²) < 4.78 is 0.883. The molecule has 0 saturated heterocycles. The van der Waals surface area contributed by atoms with Crippen molar-refractivity contribution in [3.63, 3.8) is 0 Å². The average molecular weight is 346 g/mol. The summed E-state index contributed by atoms with van der Waals surface area (Å²) in [5, 5.41) is 0.627. The summed E-state index contributed by atoms with van der Waals surface area (Å²) in [6, 6.07) is 7.45. The van der Waals surface area contributed by atoms with E-state index in [1.54, 1.807) is 0 Å². The molecule has 0 bridgehead atoms. The van der Waals surface area contributed by atoms with E-state index < -0.39 is 0 Å². The standard InChI is InChI=1S/C11H9ClIN3/c1-6-9(13)10(14)16-11(15-6)7-4-2-3-5-8(7)12/h2-5H,1H3,(H2,14,15,16). The van der Waals surface area contributed by atoms with E-state index in [-0.39, 0.29) is 0 Å². The van der Waals surface area contributed by atoms with E-state index in [1.165, 1.54) is 0 Å².